The summed E-state index contributed by atoms with van der Waals surface area (Å²) in [5, 5.41) is 3.45. The van der Waals surface area contributed by atoms with E-state index in [1.165, 1.54) is 12.8 Å². The molecule has 2 aliphatic rings. The molecule has 2 fully saturated rings. The molecule has 1 aliphatic carbocycles. The van der Waals surface area contributed by atoms with Gasteiger partial charge in [0, 0.05) is 32.1 Å². The van der Waals surface area contributed by atoms with Crippen LogP contribution in [0.3, 0.4) is 0 Å². The van der Waals surface area contributed by atoms with E-state index in [9.17, 15) is 4.79 Å². The fourth-order valence-corrected chi connectivity index (χ4v) is 2.41. The summed E-state index contributed by atoms with van der Waals surface area (Å²) in [4.78, 5) is 14.0. The minimum atomic E-state index is 0.220. The van der Waals surface area contributed by atoms with Crippen LogP contribution >= 0.6 is 0 Å². The second kappa shape index (κ2) is 5.04. The highest BCUT2D eigenvalue weighted by atomic mass is 16.2. The Balaban J connectivity index is 1.78. The molecule has 0 radical (unpaired) electrons. The number of hydrogen-bond acceptors (Lipinski definition) is 2. The second-order valence-electron chi connectivity index (χ2n) is 6.95. The van der Waals surface area contributed by atoms with E-state index in [0.717, 1.165) is 25.2 Å². The van der Waals surface area contributed by atoms with E-state index in [4.69, 9.17) is 0 Å². The Morgan fingerprint density at radius 2 is 2.11 bits per heavy atom. The Morgan fingerprint density at radius 3 is 2.61 bits per heavy atom. The Morgan fingerprint density at radius 1 is 1.44 bits per heavy atom. The van der Waals surface area contributed by atoms with Gasteiger partial charge in [0.1, 0.15) is 0 Å². The number of carbonyl (C=O) groups is 1. The van der Waals surface area contributed by atoms with Crippen LogP contribution in [-0.4, -0.2) is 36.5 Å². The van der Waals surface area contributed by atoms with Gasteiger partial charge in [-0.2, -0.15) is 0 Å². The summed E-state index contributed by atoms with van der Waals surface area (Å²) < 4.78 is 0. The molecule has 1 saturated carbocycles. The summed E-state index contributed by atoms with van der Waals surface area (Å²) in [6.45, 7) is 13.2. The lowest BCUT2D eigenvalue weighted by Crippen LogP contribution is -2.32. The van der Waals surface area contributed by atoms with E-state index < -0.39 is 0 Å². The highest BCUT2D eigenvalue weighted by Crippen LogP contribution is 2.34. The predicted octanol–water partition coefficient (Wildman–Crippen LogP) is 2.19. The lowest BCUT2D eigenvalue weighted by atomic mass is 9.80. The quantitative estimate of drug-likeness (QED) is 0.759. The van der Waals surface area contributed by atoms with E-state index in [1.807, 2.05) is 4.90 Å². The van der Waals surface area contributed by atoms with Crippen LogP contribution in [0.4, 0.5) is 0 Å². The topological polar surface area (TPSA) is 32.3 Å². The molecule has 2 rings (SSSR count). The summed E-state index contributed by atoms with van der Waals surface area (Å²) in [7, 11) is 0. The molecule has 0 spiro atoms. The first kappa shape index (κ1) is 13.6. The summed E-state index contributed by atoms with van der Waals surface area (Å²) in [5.41, 5.74) is 1.35. The molecular formula is C15H26N2O. The summed E-state index contributed by atoms with van der Waals surface area (Å²) in [6.07, 6.45) is 3.29. The molecule has 102 valence electrons. The van der Waals surface area contributed by atoms with Crippen LogP contribution in [0.5, 0.6) is 0 Å². The van der Waals surface area contributed by atoms with Gasteiger partial charge in [0.05, 0.1) is 0 Å². The Labute approximate surface area is 111 Å². The molecule has 0 bridgehead atoms. The molecule has 0 aromatic carbocycles. The van der Waals surface area contributed by atoms with Crippen molar-refractivity contribution in [3.05, 3.63) is 12.2 Å². The van der Waals surface area contributed by atoms with Crippen molar-refractivity contribution < 1.29 is 4.79 Å². The van der Waals surface area contributed by atoms with E-state index in [1.54, 1.807) is 0 Å². The molecular weight excluding hydrogens is 224 g/mol. The van der Waals surface area contributed by atoms with Crippen LogP contribution in [0.2, 0.25) is 0 Å². The van der Waals surface area contributed by atoms with Gasteiger partial charge >= 0.3 is 0 Å². The first-order chi connectivity index (χ1) is 8.36. The molecule has 0 aromatic rings. The Bertz CT molecular complexity index is 339. The SMILES string of the molecule is C=C(CNC1CC1)CN1CC(C(C)(C)C)CC1=O. The van der Waals surface area contributed by atoms with Crippen LogP contribution in [0.25, 0.3) is 0 Å². The van der Waals surface area contributed by atoms with Crippen LogP contribution in [-0.2, 0) is 4.79 Å². The number of amides is 1. The van der Waals surface area contributed by atoms with Crippen molar-refractivity contribution >= 4 is 5.91 Å². The van der Waals surface area contributed by atoms with Gasteiger partial charge in [-0.25, -0.2) is 0 Å². The second-order valence-corrected chi connectivity index (χ2v) is 6.95. The predicted molar refractivity (Wildman–Crippen MR) is 74.3 cm³/mol. The average molecular weight is 250 g/mol. The van der Waals surface area contributed by atoms with Gasteiger partial charge < -0.3 is 10.2 Å². The van der Waals surface area contributed by atoms with Gasteiger partial charge in [-0.1, -0.05) is 27.4 Å². The van der Waals surface area contributed by atoms with Crippen molar-refractivity contribution in [2.75, 3.05) is 19.6 Å². The maximum absolute atomic E-state index is 12.0. The maximum atomic E-state index is 12.0. The number of nitrogens with one attached hydrogen (secondary N) is 1. The number of likely N-dealkylation sites (tertiary alicyclic amines) is 1. The van der Waals surface area contributed by atoms with Crippen LogP contribution in [0.15, 0.2) is 12.2 Å². The third-order valence-electron chi connectivity index (χ3n) is 4.07. The number of rotatable bonds is 5. The first-order valence-corrected chi connectivity index (χ1v) is 7.04. The number of nitrogens with zero attached hydrogens (tertiary/aromatic N) is 1. The highest BCUT2D eigenvalue weighted by Gasteiger charge is 2.36. The molecule has 3 heteroatoms. The van der Waals surface area contributed by atoms with Gasteiger partial charge in [-0.3, -0.25) is 4.79 Å². The average Bonchev–Trinajstić information content (AvgIpc) is 3.00. The molecule has 1 amide bonds. The van der Waals surface area contributed by atoms with Gasteiger partial charge in [0.2, 0.25) is 5.91 Å². The third-order valence-corrected chi connectivity index (χ3v) is 4.07. The zero-order chi connectivity index (χ0) is 13.3. The minimum Gasteiger partial charge on any atom is -0.338 e. The molecule has 1 N–H and O–H groups in total. The molecule has 1 unspecified atom stereocenters. The van der Waals surface area contributed by atoms with E-state index >= 15 is 0 Å². The molecule has 18 heavy (non-hydrogen) atoms. The molecule has 1 heterocycles. The number of carbonyl (C=O) groups excluding carboxylic acids is 1. The highest BCUT2D eigenvalue weighted by molar-refractivity contribution is 5.79. The van der Waals surface area contributed by atoms with E-state index in [2.05, 4.69) is 32.7 Å². The normalized spacial score (nSPS) is 24.7. The number of hydrogen-bond donors (Lipinski definition) is 1. The van der Waals surface area contributed by atoms with Crippen molar-refractivity contribution in [2.45, 2.75) is 46.1 Å². The molecule has 1 saturated heterocycles. The molecule has 3 nitrogen and oxygen atoms in total. The van der Waals surface area contributed by atoms with Gasteiger partial charge in [0.25, 0.3) is 0 Å². The maximum Gasteiger partial charge on any atom is 0.223 e. The smallest absolute Gasteiger partial charge is 0.223 e. The van der Waals surface area contributed by atoms with E-state index in [0.29, 0.717) is 24.3 Å². The molecule has 0 aromatic heterocycles. The van der Waals surface area contributed by atoms with Crippen molar-refractivity contribution in [1.29, 1.82) is 0 Å². The fourth-order valence-electron chi connectivity index (χ4n) is 2.41. The zero-order valence-corrected chi connectivity index (χ0v) is 12.0. The van der Waals surface area contributed by atoms with Crippen LogP contribution in [0.1, 0.15) is 40.0 Å². The monoisotopic (exact) mass is 250 g/mol. The third kappa shape index (κ3) is 3.58. The standard InChI is InChI=1S/C15H26N2O/c1-11(8-16-13-5-6-13)9-17-10-12(7-14(17)18)15(2,3)4/h12-13,16H,1,5-10H2,2-4H3. The fraction of sp³-hybridized carbons (Fsp3) is 0.800. The molecule has 1 atom stereocenters. The minimum absolute atomic E-state index is 0.220. The Kier molecular flexibility index (Phi) is 3.81. The van der Waals surface area contributed by atoms with Crippen molar-refractivity contribution in [3.63, 3.8) is 0 Å². The van der Waals surface area contributed by atoms with Gasteiger partial charge in [-0.05, 0) is 29.7 Å². The van der Waals surface area contributed by atoms with Crippen molar-refractivity contribution in [2.24, 2.45) is 11.3 Å². The molecule has 1 aliphatic heterocycles. The van der Waals surface area contributed by atoms with Crippen LogP contribution in [0, 0.1) is 11.3 Å². The van der Waals surface area contributed by atoms with Crippen LogP contribution < -0.4 is 5.32 Å². The summed E-state index contributed by atoms with van der Waals surface area (Å²) in [6, 6.07) is 0.707. The first-order valence-electron chi connectivity index (χ1n) is 7.04. The zero-order valence-electron chi connectivity index (χ0n) is 12.0. The van der Waals surface area contributed by atoms with Gasteiger partial charge in [0.15, 0.2) is 0 Å². The lowest BCUT2D eigenvalue weighted by Gasteiger charge is -2.26. The van der Waals surface area contributed by atoms with Crippen molar-refractivity contribution in [1.82, 2.24) is 10.2 Å². The summed E-state index contributed by atoms with van der Waals surface area (Å²) >= 11 is 0. The lowest BCUT2D eigenvalue weighted by molar-refractivity contribution is -0.127. The largest absolute Gasteiger partial charge is 0.338 e. The van der Waals surface area contributed by atoms with Crippen molar-refractivity contribution in [3.8, 4) is 0 Å². The summed E-state index contributed by atoms with van der Waals surface area (Å²) in [5.74, 6) is 0.775. The Hall–Kier alpha value is -0.830. The van der Waals surface area contributed by atoms with E-state index in [-0.39, 0.29) is 5.41 Å². The van der Waals surface area contributed by atoms with Gasteiger partial charge in [-0.15, -0.1) is 0 Å².